The average Bonchev–Trinajstić information content (AvgIpc) is 3.10. The third kappa shape index (κ3) is 5.33. The van der Waals surface area contributed by atoms with Crippen LogP contribution in [0.4, 0.5) is 0 Å². The largest absolute Gasteiger partial charge is 0.493 e. The van der Waals surface area contributed by atoms with E-state index in [4.69, 9.17) is 4.74 Å². The van der Waals surface area contributed by atoms with E-state index in [0.29, 0.717) is 5.75 Å². The van der Waals surface area contributed by atoms with E-state index in [-0.39, 0.29) is 29.6 Å². The minimum atomic E-state index is -3.69. The first kappa shape index (κ1) is 21.7. The normalized spacial score (nSPS) is 12.5. The molecule has 0 fully saturated rings. The molecule has 0 saturated heterocycles. The average molecular weight is 455 g/mol. The van der Waals surface area contributed by atoms with E-state index < -0.39 is 19.9 Å². The Bertz CT molecular complexity index is 1150. The second-order valence-electron chi connectivity index (χ2n) is 6.39. The van der Waals surface area contributed by atoms with Gasteiger partial charge in [-0.05, 0) is 36.4 Å². The second kappa shape index (κ2) is 8.78. The third-order valence-corrected chi connectivity index (χ3v) is 8.84. The van der Waals surface area contributed by atoms with Crippen LogP contribution < -0.4 is 4.74 Å². The number of rotatable bonds is 9. The fourth-order valence-corrected chi connectivity index (χ4v) is 5.44. The number of thiazole rings is 1. The highest BCUT2D eigenvalue weighted by Gasteiger charge is 2.22. The van der Waals surface area contributed by atoms with E-state index >= 15 is 0 Å². The highest BCUT2D eigenvalue weighted by Crippen LogP contribution is 2.25. The maximum Gasteiger partial charge on any atom is 0.243 e. The Hall–Kier alpha value is -2.01. The molecule has 29 heavy (non-hydrogen) atoms. The summed E-state index contributed by atoms with van der Waals surface area (Å²) in [5.41, 5.74) is 0.852. The maximum absolute atomic E-state index is 12.8. The Morgan fingerprint density at radius 3 is 2.38 bits per heavy atom. The first-order valence-corrected chi connectivity index (χ1v) is 13.0. The third-order valence-electron chi connectivity index (χ3n) is 4.33. The van der Waals surface area contributed by atoms with Gasteiger partial charge in [0.2, 0.25) is 10.0 Å². The predicted octanol–water partition coefficient (Wildman–Crippen LogP) is 2.93. The monoisotopic (exact) mass is 454 g/mol. The van der Waals surface area contributed by atoms with Gasteiger partial charge >= 0.3 is 0 Å². The van der Waals surface area contributed by atoms with Gasteiger partial charge in [-0.3, -0.25) is 0 Å². The van der Waals surface area contributed by atoms with Crippen molar-refractivity contribution in [3.8, 4) is 5.75 Å². The number of nitrogens with zero attached hydrogens (tertiary/aromatic N) is 2. The highest BCUT2D eigenvalue weighted by atomic mass is 32.2. The summed E-state index contributed by atoms with van der Waals surface area (Å²) in [5, 5.41) is 0.717. The van der Waals surface area contributed by atoms with Crippen LogP contribution >= 0.6 is 11.3 Å². The number of aromatic nitrogens is 1. The van der Waals surface area contributed by atoms with Crippen LogP contribution in [-0.4, -0.2) is 51.3 Å². The number of benzene rings is 2. The lowest BCUT2D eigenvalue weighted by molar-refractivity contribution is 0.340. The standard InChI is InChI=1S/C19H22N2O5S3/c1-3-28(22,23)13-12-26-15-8-10-16(11-9-15)29(24,25)21(2)14-19-20-17-6-4-5-7-18(17)27-19/h4-11H,3,12-14H2,1-2H3. The Morgan fingerprint density at radius 1 is 1.03 bits per heavy atom. The molecule has 0 saturated carbocycles. The van der Waals surface area contributed by atoms with E-state index in [1.807, 2.05) is 24.3 Å². The first-order valence-electron chi connectivity index (χ1n) is 8.95. The van der Waals surface area contributed by atoms with E-state index in [1.165, 1.54) is 47.0 Å². The molecule has 0 bridgehead atoms. The summed E-state index contributed by atoms with van der Waals surface area (Å²) < 4.78 is 56.3. The fraction of sp³-hybridized carbons (Fsp3) is 0.316. The van der Waals surface area contributed by atoms with Gasteiger partial charge in [0, 0.05) is 12.8 Å². The van der Waals surface area contributed by atoms with Crippen molar-refractivity contribution in [3.05, 3.63) is 53.5 Å². The van der Waals surface area contributed by atoms with Gasteiger partial charge in [-0.2, -0.15) is 4.31 Å². The zero-order valence-corrected chi connectivity index (χ0v) is 18.6. The number of ether oxygens (including phenoxy) is 1. The van der Waals surface area contributed by atoms with Gasteiger partial charge in [-0.25, -0.2) is 21.8 Å². The van der Waals surface area contributed by atoms with Crippen LogP contribution in [0.15, 0.2) is 53.4 Å². The van der Waals surface area contributed by atoms with Crippen molar-refractivity contribution in [1.82, 2.24) is 9.29 Å². The zero-order chi connectivity index (χ0) is 21.1. The van der Waals surface area contributed by atoms with E-state index in [1.54, 1.807) is 6.92 Å². The van der Waals surface area contributed by atoms with Crippen LogP contribution in [0.25, 0.3) is 10.2 Å². The van der Waals surface area contributed by atoms with E-state index in [2.05, 4.69) is 4.98 Å². The van der Waals surface area contributed by atoms with Crippen molar-refractivity contribution in [2.45, 2.75) is 18.4 Å². The molecule has 0 radical (unpaired) electrons. The maximum atomic E-state index is 12.8. The number of sulfone groups is 1. The molecule has 0 N–H and O–H groups in total. The van der Waals surface area contributed by atoms with Gasteiger partial charge in [0.05, 0.1) is 27.4 Å². The van der Waals surface area contributed by atoms with Gasteiger partial charge in [-0.1, -0.05) is 19.1 Å². The van der Waals surface area contributed by atoms with Crippen LogP contribution in [0, 0.1) is 0 Å². The molecule has 10 heteroatoms. The topological polar surface area (TPSA) is 93.6 Å². The van der Waals surface area contributed by atoms with Gasteiger partial charge in [0.25, 0.3) is 0 Å². The number of hydrogen-bond donors (Lipinski definition) is 0. The summed E-state index contributed by atoms with van der Waals surface area (Å²) in [7, 11) is -5.28. The van der Waals surface area contributed by atoms with Crippen molar-refractivity contribution in [2.75, 3.05) is 25.2 Å². The molecule has 0 aliphatic heterocycles. The summed E-state index contributed by atoms with van der Waals surface area (Å²) in [5.74, 6) is 0.410. The molecule has 0 spiro atoms. The lowest BCUT2D eigenvalue weighted by Gasteiger charge is -2.16. The molecule has 0 unspecified atom stereocenters. The van der Waals surface area contributed by atoms with Crippen molar-refractivity contribution >= 4 is 41.4 Å². The molecule has 156 valence electrons. The number of para-hydroxylation sites is 1. The molecule has 0 amide bonds. The molecular formula is C19H22N2O5S3. The molecule has 1 aromatic heterocycles. The molecule has 1 heterocycles. The predicted molar refractivity (Wildman–Crippen MR) is 115 cm³/mol. The molecule has 3 rings (SSSR count). The van der Waals surface area contributed by atoms with E-state index in [9.17, 15) is 16.8 Å². The summed E-state index contributed by atoms with van der Waals surface area (Å²) in [4.78, 5) is 4.61. The Kier molecular flexibility index (Phi) is 6.57. The van der Waals surface area contributed by atoms with Crippen LogP contribution in [0.1, 0.15) is 11.9 Å². The van der Waals surface area contributed by atoms with Crippen LogP contribution in [0.2, 0.25) is 0 Å². The Labute approximate surface area is 174 Å². The molecule has 2 aromatic carbocycles. The summed E-state index contributed by atoms with van der Waals surface area (Å²) in [6, 6.07) is 13.6. The van der Waals surface area contributed by atoms with Crippen molar-refractivity contribution < 1.29 is 21.6 Å². The van der Waals surface area contributed by atoms with Crippen molar-refractivity contribution in [3.63, 3.8) is 0 Å². The molecule has 0 aliphatic rings. The SMILES string of the molecule is CCS(=O)(=O)CCOc1ccc(S(=O)(=O)N(C)Cc2nc3ccccc3s2)cc1. The van der Waals surface area contributed by atoms with Gasteiger partial charge in [-0.15, -0.1) is 11.3 Å². The van der Waals surface area contributed by atoms with Gasteiger partial charge in [0.15, 0.2) is 9.84 Å². The molecule has 0 atom stereocenters. The van der Waals surface area contributed by atoms with Crippen LogP contribution in [0.3, 0.4) is 0 Å². The number of sulfonamides is 1. The molecule has 3 aromatic rings. The van der Waals surface area contributed by atoms with Gasteiger partial charge < -0.3 is 4.74 Å². The lowest BCUT2D eigenvalue weighted by Crippen LogP contribution is -2.26. The Balaban J connectivity index is 1.66. The fourth-order valence-electron chi connectivity index (χ4n) is 2.58. The highest BCUT2D eigenvalue weighted by molar-refractivity contribution is 7.91. The van der Waals surface area contributed by atoms with Crippen molar-refractivity contribution in [2.24, 2.45) is 0 Å². The lowest BCUT2D eigenvalue weighted by atomic mass is 10.3. The molecule has 7 nitrogen and oxygen atoms in total. The quantitative estimate of drug-likeness (QED) is 0.493. The summed E-state index contributed by atoms with van der Waals surface area (Å²) in [6.07, 6.45) is 0. The summed E-state index contributed by atoms with van der Waals surface area (Å²) in [6.45, 7) is 1.79. The van der Waals surface area contributed by atoms with Crippen LogP contribution in [0.5, 0.6) is 5.75 Å². The second-order valence-corrected chi connectivity index (χ2v) is 12.0. The molecule has 0 aliphatic carbocycles. The van der Waals surface area contributed by atoms with Crippen LogP contribution in [-0.2, 0) is 26.4 Å². The number of hydrogen-bond acceptors (Lipinski definition) is 7. The van der Waals surface area contributed by atoms with Gasteiger partial charge in [0.1, 0.15) is 17.4 Å². The summed E-state index contributed by atoms with van der Waals surface area (Å²) >= 11 is 1.47. The Morgan fingerprint density at radius 2 is 1.72 bits per heavy atom. The zero-order valence-electron chi connectivity index (χ0n) is 16.1. The smallest absolute Gasteiger partial charge is 0.243 e. The molecular weight excluding hydrogens is 432 g/mol. The van der Waals surface area contributed by atoms with E-state index in [0.717, 1.165) is 15.2 Å². The minimum absolute atomic E-state index is 0.0276. The first-order chi connectivity index (χ1) is 13.7. The minimum Gasteiger partial charge on any atom is -0.493 e. The van der Waals surface area contributed by atoms with Crippen molar-refractivity contribution in [1.29, 1.82) is 0 Å². The number of fused-ring (bicyclic) bond motifs is 1.